The summed E-state index contributed by atoms with van der Waals surface area (Å²) < 4.78 is 0. The Morgan fingerprint density at radius 2 is 1.55 bits per heavy atom. The average molecular weight is 218 g/mol. The predicted molar refractivity (Wildman–Crippen MR) is 56.3 cm³/mol. The fourth-order valence-corrected chi connectivity index (χ4v) is 2.12. The number of rotatable bonds is 5. The van der Waals surface area contributed by atoms with Gasteiger partial charge in [0.15, 0.2) is 0 Å². The summed E-state index contributed by atoms with van der Waals surface area (Å²) in [6.07, 6.45) is 1.41. The Morgan fingerprint density at radius 3 is 1.82 bits per heavy atom. The molecule has 0 spiro atoms. The summed E-state index contributed by atoms with van der Waals surface area (Å²) >= 11 is 1.05. The summed E-state index contributed by atoms with van der Waals surface area (Å²) in [5.74, 6) is 0. The Hall–Kier alpha value is 0.503. The van der Waals surface area contributed by atoms with Crippen molar-refractivity contribution in [1.29, 1.82) is 0 Å². The van der Waals surface area contributed by atoms with Gasteiger partial charge >= 0.3 is 79.4 Å². The van der Waals surface area contributed by atoms with Gasteiger partial charge in [-0.3, -0.25) is 0 Å². The first-order valence-electron chi connectivity index (χ1n) is 4.85. The SMILES string of the molecule is CC(C)N(CC[CH2][GeH3])C(C)C. The first kappa shape index (κ1) is 11.5. The van der Waals surface area contributed by atoms with Crippen LogP contribution in [0.5, 0.6) is 0 Å². The van der Waals surface area contributed by atoms with Crippen molar-refractivity contribution >= 4 is 16.5 Å². The van der Waals surface area contributed by atoms with Crippen LogP contribution in [-0.4, -0.2) is 40.0 Å². The Bertz CT molecular complexity index is 83.6. The van der Waals surface area contributed by atoms with Crippen molar-refractivity contribution in [2.75, 3.05) is 6.54 Å². The van der Waals surface area contributed by atoms with E-state index in [1.165, 1.54) is 18.2 Å². The molecule has 0 bridgehead atoms. The van der Waals surface area contributed by atoms with Crippen molar-refractivity contribution in [3.8, 4) is 0 Å². The molecule has 68 valence electrons. The van der Waals surface area contributed by atoms with Crippen LogP contribution in [-0.2, 0) is 0 Å². The molecular formula is C9H23GeN. The van der Waals surface area contributed by atoms with E-state index < -0.39 is 0 Å². The van der Waals surface area contributed by atoms with Gasteiger partial charge in [0.25, 0.3) is 0 Å². The molecule has 0 aromatic heterocycles. The van der Waals surface area contributed by atoms with E-state index in [0.717, 1.165) is 16.5 Å². The summed E-state index contributed by atoms with van der Waals surface area (Å²) in [4.78, 5) is 2.58. The predicted octanol–water partition coefficient (Wildman–Crippen LogP) is 1.28. The number of nitrogens with zero attached hydrogens (tertiary/aromatic N) is 1. The molecule has 2 heteroatoms. The third-order valence-electron chi connectivity index (χ3n) is 2.10. The summed E-state index contributed by atoms with van der Waals surface area (Å²) in [5, 5.41) is 1.49. The maximum absolute atomic E-state index is 2.58. The minimum absolute atomic E-state index is 0.717. The summed E-state index contributed by atoms with van der Waals surface area (Å²) in [5.41, 5.74) is 0. The summed E-state index contributed by atoms with van der Waals surface area (Å²) in [6, 6.07) is 1.43. The second-order valence-corrected chi connectivity index (χ2v) is 5.88. The molecule has 0 unspecified atom stereocenters. The Labute approximate surface area is 79.8 Å². The molecule has 0 saturated carbocycles. The van der Waals surface area contributed by atoms with Crippen LogP contribution in [0.3, 0.4) is 0 Å². The molecule has 0 aliphatic heterocycles. The fraction of sp³-hybridized carbons (Fsp3) is 1.00. The zero-order chi connectivity index (χ0) is 8.85. The first-order chi connectivity index (χ1) is 5.09. The van der Waals surface area contributed by atoms with Crippen LogP contribution in [0, 0.1) is 0 Å². The van der Waals surface area contributed by atoms with Gasteiger partial charge in [0, 0.05) is 0 Å². The van der Waals surface area contributed by atoms with E-state index >= 15 is 0 Å². The third-order valence-corrected chi connectivity index (χ3v) is 3.58. The molecular weight excluding hydrogens is 195 g/mol. The molecule has 0 rings (SSSR count). The van der Waals surface area contributed by atoms with E-state index in [2.05, 4.69) is 32.6 Å². The van der Waals surface area contributed by atoms with E-state index in [0.29, 0.717) is 12.1 Å². The second-order valence-electron chi connectivity index (χ2n) is 3.78. The molecule has 0 aliphatic rings. The fourth-order valence-electron chi connectivity index (χ4n) is 1.45. The van der Waals surface area contributed by atoms with Gasteiger partial charge in [-0.25, -0.2) is 0 Å². The van der Waals surface area contributed by atoms with Gasteiger partial charge in [0.2, 0.25) is 0 Å². The number of hydrogen-bond donors (Lipinski definition) is 0. The van der Waals surface area contributed by atoms with Gasteiger partial charge in [-0.1, -0.05) is 0 Å². The molecule has 0 heterocycles. The zero-order valence-electron chi connectivity index (χ0n) is 8.72. The van der Waals surface area contributed by atoms with E-state index in [4.69, 9.17) is 0 Å². The summed E-state index contributed by atoms with van der Waals surface area (Å²) in [6.45, 7) is 10.5. The normalized spacial score (nSPS) is 12.3. The van der Waals surface area contributed by atoms with Crippen LogP contribution >= 0.6 is 0 Å². The molecule has 0 saturated heterocycles. The molecule has 0 N–H and O–H groups in total. The van der Waals surface area contributed by atoms with Crippen LogP contribution < -0.4 is 0 Å². The van der Waals surface area contributed by atoms with Crippen molar-refractivity contribution < 1.29 is 0 Å². The minimum atomic E-state index is 0.717. The van der Waals surface area contributed by atoms with E-state index in [1.807, 2.05) is 0 Å². The van der Waals surface area contributed by atoms with Gasteiger partial charge in [0.1, 0.15) is 0 Å². The van der Waals surface area contributed by atoms with E-state index in [1.54, 1.807) is 0 Å². The first-order valence-corrected chi connectivity index (χ1v) is 7.82. The van der Waals surface area contributed by atoms with Crippen molar-refractivity contribution in [3.63, 3.8) is 0 Å². The van der Waals surface area contributed by atoms with Crippen LogP contribution in [0.4, 0.5) is 0 Å². The van der Waals surface area contributed by atoms with Crippen LogP contribution in [0.15, 0.2) is 0 Å². The van der Waals surface area contributed by atoms with Crippen LogP contribution in [0.1, 0.15) is 34.1 Å². The molecule has 0 aliphatic carbocycles. The quantitative estimate of drug-likeness (QED) is 0.628. The van der Waals surface area contributed by atoms with E-state index in [-0.39, 0.29) is 0 Å². The van der Waals surface area contributed by atoms with Crippen LogP contribution in [0.2, 0.25) is 5.25 Å². The Kier molecular flexibility index (Phi) is 6.34. The molecule has 11 heavy (non-hydrogen) atoms. The van der Waals surface area contributed by atoms with E-state index in [9.17, 15) is 0 Å². The van der Waals surface area contributed by atoms with Gasteiger partial charge in [-0.15, -0.1) is 0 Å². The molecule has 0 fully saturated rings. The van der Waals surface area contributed by atoms with Crippen LogP contribution in [0.25, 0.3) is 0 Å². The molecule has 0 aromatic rings. The molecule has 0 atom stereocenters. The van der Waals surface area contributed by atoms with Crippen molar-refractivity contribution in [2.24, 2.45) is 0 Å². The molecule has 0 aromatic carbocycles. The van der Waals surface area contributed by atoms with Crippen molar-refractivity contribution in [2.45, 2.75) is 51.5 Å². The second kappa shape index (κ2) is 6.07. The third kappa shape index (κ3) is 4.86. The van der Waals surface area contributed by atoms with Gasteiger partial charge in [-0.2, -0.15) is 0 Å². The van der Waals surface area contributed by atoms with Crippen molar-refractivity contribution in [3.05, 3.63) is 0 Å². The Balaban J connectivity index is 3.70. The monoisotopic (exact) mass is 219 g/mol. The molecule has 1 nitrogen and oxygen atoms in total. The zero-order valence-corrected chi connectivity index (χ0v) is 12.9. The summed E-state index contributed by atoms with van der Waals surface area (Å²) in [7, 11) is 0. The molecule has 0 amide bonds. The number of hydrogen-bond acceptors (Lipinski definition) is 1. The topological polar surface area (TPSA) is 3.24 Å². The van der Waals surface area contributed by atoms with Gasteiger partial charge < -0.3 is 0 Å². The average Bonchev–Trinajstić information content (AvgIpc) is 1.87. The van der Waals surface area contributed by atoms with Gasteiger partial charge in [-0.05, 0) is 0 Å². The molecule has 0 radical (unpaired) electrons. The van der Waals surface area contributed by atoms with Crippen molar-refractivity contribution in [1.82, 2.24) is 4.90 Å². The standard InChI is InChI=1S/C9H23GeN/c1-8(2)11(9(3)4)7-5-6-10/h8-9H,5-7H2,1-4,10H3. The van der Waals surface area contributed by atoms with Gasteiger partial charge in [0.05, 0.1) is 0 Å². The Morgan fingerprint density at radius 1 is 1.09 bits per heavy atom. The maximum atomic E-state index is 2.58.